The molecule has 0 saturated heterocycles. The van der Waals surface area contributed by atoms with E-state index in [1.807, 2.05) is 20.8 Å². The summed E-state index contributed by atoms with van der Waals surface area (Å²) < 4.78 is 0. The molecule has 1 aliphatic rings. The van der Waals surface area contributed by atoms with Crippen molar-refractivity contribution in [3.05, 3.63) is 0 Å². The molecule has 0 bridgehead atoms. The number of hydrogen-bond acceptors (Lipinski definition) is 3. The lowest BCUT2D eigenvalue weighted by Crippen LogP contribution is -2.53. The van der Waals surface area contributed by atoms with Gasteiger partial charge in [-0.3, -0.25) is 9.59 Å². The summed E-state index contributed by atoms with van der Waals surface area (Å²) in [5, 5.41) is 12.8. The highest BCUT2D eigenvalue weighted by Gasteiger charge is 2.36. The molecule has 1 aliphatic carbocycles. The standard InChI is InChI=1S/C13H24N2O3/c1-12(2,3)10(11(14)17)15-9(16)8-13(18)6-4-5-7-13/h10,18H,4-8H2,1-3H3,(H2,14,17)(H,15,16)/t10-/m1/s1. The normalized spacial score (nSPS) is 20.4. The number of primary amides is 1. The lowest BCUT2D eigenvalue weighted by molar-refractivity contribution is -0.132. The van der Waals surface area contributed by atoms with Gasteiger partial charge in [-0.1, -0.05) is 33.6 Å². The number of amides is 2. The second-order valence-electron chi connectivity index (χ2n) is 6.38. The Morgan fingerprint density at radius 1 is 1.33 bits per heavy atom. The van der Waals surface area contributed by atoms with Gasteiger partial charge in [0.2, 0.25) is 11.8 Å². The minimum atomic E-state index is -0.899. The molecule has 0 aliphatic heterocycles. The van der Waals surface area contributed by atoms with Gasteiger partial charge < -0.3 is 16.2 Å². The van der Waals surface area contributed by atoms with Crippen molar-refractivity contribution in [2.75, 3.05) is 0 Å². The molecule has 1 rings (SSSR count). The number of carbonyl (C=O) groups is 2. The van der Waals surface area contributed by atoms with Crippen LogP contribution in [0.4, 0.5) is 0 Å². The molecule has 1 saturated carbocycles. The van der Waals surface area contributed by atoms with Crippen molar-refractivity contribution in [3.8, 4) is 0 Å². The number of nitrogens with one attached hydrogen (secondary N) is 1. The van der Waals surface area contributed by atoms with Gasteiger partial charge in [-0.15, -0.1) is 0 Å². The lowest BCUT2D eigenvalue weighted by atomic mass is 9.86. The van der Waals surface area contributed by atoms with Crippen molar-refractivity contribution < 1.29 is 14.7 Å². The van der Waals surface area contributed by atoms with Gasteiger partial charge in [-0.05, 0) is 18.3 Å². The number of rotatable bonds is 4. The van der Waals surface area contributed by atoms with Crippen LogP contribution >= 0.6 is 0 Å². The number of carbonyl (C=O) groups excluding carboxylic acids is 2. The highest BCUT2D eigenvalue weighted by Crippen LogP contribution is 2.32. The topological polar surface area (TPSA) is 92.4 Å². The molecule has 0 unspecified atom stereocenters. The van der Waals surface area contributed by atoms with Crippen LogP contribution in [-0.2, 0) is 9.59 Å². The second kappa shape index (κ2) is 5.26. The van der Waals surface area contributed by atoms with Gasteiger partial charge in [-0.2, -0.15) is 0 Å². The van der Waals surface area contributed by atoms with E-state index in [9.17, 15) is 14.7 Å². The van der Waals surface area contributed by atoms with Crippen LogP contribution in [0.2, 0.25) is 0 Å². The van der Waals surface area contributed by atoms with Crippen molar-refractivity contribution in [2.24, 2.45) is 11.1 Å². The van der Waals surface area contributed by atoms with Crippen molar-refractivity contribution in [2.45, 2.75) is 64.5 Å². The first kappa shape index (κ1) is 15.0. The maximum atomic E-state index is 11.9. The highest BCUT2D eigenvalue weighted by molar-refractivity contribution is 5.87. The maximum Gasteiger partial charge on any atom is 0.240 e. The largest absolute Gasteiger partial charge is 0.389 e. The van der Waals surface area contributed by atoms with E-state index >= 15 is 0 Å². The molecule has 0 aromatic carbocycles. The fraction of sp³-hybridized carbons (Fsp3) is 0.846. The van der Waals surface area contributed by atoms with Crippen molar-refractivity contribution in [3.63, 3.8) is 0 Å². The fourth-order valence-electron chi connectivity index (χ4n) is 2.44. The Morgan fingerprint density at radius 2 is 1.83 bits per heavy atom. The minimum absolute atomic E-state index is 0.0485. The van der Waals surface area contributed by atoms with Gasteiger partial charge in [0.15, 0.2) is 0 Å². The van der Waals surface area contributed by atoms with E-state index in [1.54, 1.807) is 0 Å². The molecular formula is C13H24N2O3. The zero-order valence-electron chi connectivity index (χ0n) is 11.5. The molecule has 0 radical (unpaired) electrons. The van der Waals surface area contributed by atoms with Crippen molar-refractivity contribution in [1.29, 1.82) is 0 Å². The summed E-state index contributed by atoms with van der Waals surface area (Å²) in [6.07, 6.45) is 3.24. The van der Waals surface area contributed by atoms with Gasteiger partial charge >= 0.3 is 0 Å². The zero-order chi connectivity index (χ0) is 14.0. The fourth-order valence-corrected chi connectivity index (χ4v) is 2.44. The van der Waals surface area contributed by atoms with E-state index < -0.39 is 23.0 Å². The number of aliphatic hydroxyl groups is 1. The molecule has 0 aromatic heterocycles. The van der Waals surface area contributed by atoms with E-state index in [4.69, 9.17) is 5.73 Å². The zero-order valence-corrected chi connectivity index (χ0v) is 11.5. The van der Waals surface area contributed by atoms with E-state index in [2.05, 4.69) is 5.32 Å². The molecule has 1 atom stereocenters. The second-order valence-corrected chi connectivity index (χ2v) is 6.38. The summed E-state index contributed by atoms with van der Waals surface area (Å²) in [6, 6.07) is -0.713. The average molecular weight is 256 g/mol. The van der Waals surface area contributed by atoms with Crippen LogP contribution < -0.4 is 11.1 Å². The Labute approximate surface area is 108 Å². The van der Waals surface area contributed by atoms with Crippen molar-refractivity contribution >= 4 is 11.8 Å². The predicted octanol–water partition coefficient (Wildman–Crippen LogP) is 0.698. The first-order valence-corrected chi connectivity index (χ1v) is 6.45. The monoisotopic (exact) mass is 256 g/mol. The van der Waals surface area contributed by atoms with Gasteiger partial charge in [0, 0.05) is 0 Å². The van der Waals surface area contributed by atoms with Crippen LogP contribution in [0.1, 0.15) is 52.9 Å². The predicted molar refractivity (Wildman–Crippen MR) is 68.6 cm³/mol. The first-order valence-electron chi connectivity index (χ1n) is 6.45. The van der Waals surface area contributed by atoms with E-state index in [0.29, 0.717) is 12.8 Å². The molecule has 18 heavy (non-hydrogen) atoms. The molecule has 5 heteroatoms. The Kier molecular flexibility index (Phi) is 4.37. The molecule has 2 amide bonds. The van der Waals surface area contributed by atoms with Crippen molar-refractivity contribution in [1.82, 2.24) is 5.32 Å². The molecule has 4 N–H and O–H groups in total. The molecule has 0 spiro atoms. The summed E-state index contributed by atoms with van der Waals surface area (Å²) in [5.41, 5.74) is 3.97. The molecule has 0 heterocycles. The molecular weight excluding hydrogens is 232 g/mol. The van der Waals surface area contributed by atoms with Gasteiger partial charge in [0.05, 0.1) is 12.0 Å². The molecule has 1 fully saturated rings. The van der Waals surface area contributed by atoms with E-state index in [1.165, 1.54) is 0 Å². The van der Waals surface area contributed by atoms with Crippen LogP contribution in [0, 0.1) is 5.41 Å². The van der Waals surface area contributed by atoms with Gasteiger partial charge in [-0.25, -0.2) is 0 Å². The number of hydrogen-bond donors (Lipinski definition) is 3. The highest BCUT2D eigenvalue weighted by atomic mass is 16.3. The third kappa shape index (κ3) is 3.98. The number of nitrogens with two attached hydrogens (primary N) is 1. The Morgan fingerprint density at radius 3 is 2.22 bits per heavy atom. The Bertz CT molecular complexity index is 328. The first-order chi connectivity index (χ1) is 8.14. The average Bonchev–Trinajstić information content (AvgIpc) is 2.59. The Balaban J connectivity index is 2.60. The maximum absolute atomic E-state index is 11.9. The summed E-state index contributed by atoms with van der Waals surface area (Å²) in [6.45, 7) is 5.52. The van der Waals surface area contributed by atoms with E-state index in [0.717, 1.165) is 12.8 Å². The van der Waals surface area contributed by atoms with Crippen LogP contribution in [0.5, 0.6) is 0 Å². The Hall–Kier alpha value is -1.10. The van der Waals surface area contributed by atoms with E-state index in [-0.39, 0.29) is 12.3 Å². The van der Waals surface area contributed by atoms with Crippen LogP contribution in [0.25, 0.3) is 0 Å². The van der Waals surface area contributed by atoms with Crippen LogP contribution in [0.3, 0.4) is 0 Å². The minimum Gasteiger partial charge on any atom is -0.389 e. The van der Waals surface area contributed by atoms with Crippen LogP contribution in [-0.4, -0.2) is 28.6 Å². The molecule has 104 valence electrons. The molecule has 0 aromatic rings. The summed E-state index contributed by atoms with van der Waals surface area (Å²) in [7, 11) is 0. The lowest BCUT2D eigenvalue weighted by Gasteiger charge is -2.30. The summed E-state index contributed by atoms with van der Waals surface area (Å²) in [4.78, 5) is 23.2. The van der Waals surface area contributed by atoms with Gasteiger partial charge in [0.1, 0.15) is 6.04 Å². The van der Waals surface area contributed by atoms with Crippen LogP contribution in [0.15, 0.2) is 0 Å². The third-order valence-electron chi connectivity index (χ3n) is 3.48. The van der Waals surface area contributed by atoms with Gasteiger partial charge in [0.25, 0.3) is 0 Å². The SMILES string of the molecule is CC(C)(C)[C@H](NC(=O)CC1(O)CCCC1)C(N)=O. The summed E-state index contributed by atoms with van der Waals surface area (Å²) >= 11 is 0. The smallest absolute Gasteiger partial charge is 0.240 e. The summed E-state index contributed by atoms with van der Waals surface area (Å²) in [5.74, 6) is -0.854. The third-order valence-corrected chi connectivity index (χ3v) is 3.48. The molecule has 5 nitrogen and oxygen atoms in total. The quantitative estimate of drug-likeness (QED) is 0.691.